The van der Waals surface area contributed by atoms with Crippen LogP contribution in [-0.2, 0) is 14.3 Å². The summed E-state index contributed by atoms with van der Waals surface area (Å²) in [6.45, 7) is 7.66. The quantitative estimate of drug-likeness (QED) is 0.286. The molecule has 0 fully saturated rings. The van der Waals surface area contributed by atoms with Crippen LogP contribution in [0, 0.1) is 0 Å². The third kappa shape index (κ3) is 8.06. The number of hydrogen-bond donors (Lipinski definition) is 1. The molecule has 0 amide bonds. The summed E-state index contributed by atoms with van der Waals surface area (Å²) in [7, 11) is -0.430. The molecule has 0 radical (unpaired) electrons. The second-order valence-corrected chi connectivity index (χ2v) is 6.68. The van der Waals surface area contributed by atoms with Gasteiger partial charge in [-0.25, -0.2) is 4.79 Å². The molecule has 5 heteroatoms. The Bertz CT molecular complexity index is 289. The fourth-order valence-corrected chi connectivity index (χ4v) is 3.91. The molecule has 1 atom stereocenters. The lowest BCUT2D eigenvalue weighted by Crippen LogP contribution is -2.25. The lowest BCUT2D eigenvalue weighted by Gasteiger charge is -2.17. The van der Waals surface area contributed by atoms with E-state index in [1.54, 1.807) is 0 Å². The van der Waals surface area contributed by atoms with Gasteiger partial charge in [0.15, 0.2) is 0 Å². The lowest BCUT2D eigenvalue weighted by molar-refractivity contribution is -0.144. The van der Waals surface area contributed by atoms with E-state index in [-0.39, 0.29) is 17.7 Å². The molecular formula is C13H24O4Si. The molecule has 0 spiro atoms. The molecule has 104 valence electrons. The highest BCUT2D eigenvalue weighted by atomic mass is 28.2. The highest BCUT2D eigenvalue weighted by Crippen LogP contribution is 2.09. The molecule has 0 bridgehead atoms. The molecule has 0 aliphatic rings. The minimum Gasteiger partial charge on any atom is -0.481 e. The molecule has 0 aromatic rings. The van der Waals surface area contributed by atoms with Gasteiger partial charge in [-0.3, -0.25) is 4.79 Å². The van der Waals surface area contributed by atoms with E-state index >= 15 is 0 Å². The van der Waals surface area contributed by atoms with Crippen molar-refractivity contribution in [3.8, 4) is 0 Å². The summed E-state index contributed by atoms with van der Waals surface area (Å²) in [5, 5.41) is 8.58. The Kier molecular flexibility index (Phi) is 9.27. The molecular weight excluding hydrogens is 248 g/mol. The van der Waals surface area contributed by atoms with Gasteiger partial charge in [-0.2, -0.15) is 0 Å². The minimum atomic E-state index is -1.05. The number of rotatable bonds is 10. The van der Waals surface area contributed by atoms with Crippen molar-refractivity contribution in [3.05, 3.63) is 12.2 Å². The Morgan fingerprint density at radius 3 is 2.50 bits per heavy atom. The standard InChI is InChI=1S/C13H24O4Si/c1-4-6-8-18-12(7-5-2)17-13(16)10(3)9-11(14)15/h12H,3-9,18H2,1-2H3,(H,14,15). The maximum atomic E-state index is 11.6. The number of carboxylic acid groups (broad SMARTS) is 1. The Morgan fingerprint density at radius 2 is 2.00 bits per heavy atom. The average Bonchev–Trinajstić information content (AvgIpc) is 2.28. The monoisotopic (exact) mass is 272 g/mol. The second kappa shape index (κ2) is 9.88. The van der Waals surface area contributed by atoms with Crippen molar-refractivity contribution in [3.63, 3.8) is 0 Å². The predicted octanol–water partition coefficient (Wildman–Crippen LogP) is 2.07. The second-order valence-electron chi connectivity index (χ2n) is 4.49. The van der Waals surface area contributed by atoms with Gasteiger partial charge in [-0.05, 0) is 6.42 Å². The van der Waals surface area contributed by atoms with Crippen molar-refractivity contribution in [2.24, 2.45) is 0 Å². The third-order valence-corrected chi connectivity index (χ3v) is 4.79. The van der Waals surface area contributed by atoms with E-state index in [1.165, 1.54) is 12.5 Å². The Labute approximate surface area is 111 Å². The molecule has 0 aromatic heterocycles. The molecule has 4 nitrogen and oxygen atoms in total. The molecule has 0 aliphatic heterocycles. The zero-order valence-corrected chi connectivity index (χ0v) is 12.8. The molecule has 0 saturated carbocycles. The van der Waals surface area contributed by atoms with Crippen molar-refractivity contribution < 1.29 is 19.4 Å². The van der Waals surface area contributed by atoms with Crippen LogP contribution in [0.25, 0.3) is 0 Å². The van der Waals surface area contributed by atoms with Gasteiger partial charge in [0, 0.05) is 5.57 Å². The van der Waals surface area contributed by atoms with Gasteiger partial charge in [0.2, 0.25) is 0 Å². The lowest BCUT2D eigenvalue weighted by atomic mass is 10.2. The summed E-state index contributed by atoms with van der Waals surface area (Å²) >= 11 is 0. The third-order valence-electron chi connectivity index (χ3n) is 2.67. The van der Waals surface area contributed by atoms with Gasteiger partial charge in [0.25, 0.3) is 0 Å². The molecule has 0 heterocycles. The smallest absolute Gasteiger partial charge is 0.333 e. The predicted molar refractivity (Wildman–Crippen MR) is 74.4 cm³/mol. The van der Waals surface area contributed by atoms with Crippen LogP contribution in [0.5, 0.6) is 0 Å². The first-order chi connectivity index (χ1) is 8.51. The van der Waals surface area contributed by atoms with Crippen molar-refractivity contribution in [2.75, 3.05) is 0 Å². The van der Waals surface area contributed by atoms with Crippen molar-refractivity contribution in [1.29, 1.82) is 0 Å². The van der Waals surface area contributed by atoms with Crippen molar-refractivity contribution in [2.45, 2.75) is 57.7 Å². The maximum Gasteiger partial charge on any atom is 0.333 e. The van der Waals surface area contributed by atoms with E-state index in [2.05, 4.69) is 20.4 Å². The number of carbonyl (C=O) groups excluding carboxylic acids is 1. The Morgan fingerprint density at radius 1 is 1.33 bits per heavy atom. The first kappa shape index (κ1) is 16.9. The first-order valence-electron chi connectivity index (χ1n) is 6.61. The SMILES string of the molecule is C=C(CC(=O)O)C(=O)OC(CCC)[SiH2]CCCC. The van der Waals surface area contributed by atoms with Crippen LogP contribution < -0.4 is 0 Å². The van der Waals surface area contributed by atoms with E-state index in [0.717, 1.165) is 19.3 Å². The number of unbranched alkanes of at least 4 members (excludes halogenated alkanes) is 1. The van der Waals surface area contributed by atoms with Gasteiger partial charge in [0.1, 0.15) is 0 Å². The number of carboxylic acids is 1. The number of aliphatic carboxylic acids is 1. The molecule has 0 aromatic carbocycles. The largest absolute Gasteiger partial charge is 0.481 e. The summed E-state index contributed by atoms with van der Waals surface area (Å²) in [4.78, 5) is 22.1. The van der Waals surface area contributed by atoms with Crippen LogP contribution in [0.1, 0.15) is 46.0 Å². The molecule has 1 N–H and O–H groups in total. The normalized spacial score (nSPS) is 12.6. The van der Waals surface area contributed by atoms with Crippen LogP contribution in [0.15, 0.2) is 12.2 Å². The van der Waals surface area contributed by atoms with Gasteiger partial charge in [-0.1, -0.05) is 45.7 Å². The van der Waals surface area contributed by atoms with Crippen molar-refractivity contribution in [1.82, 2.24) is 0 Å². The van der Waals surface area contributed by atoms with Crippen LogP contribution >= 0.6 is 0 Å². The Balaban J connectivity index is 4.17. The zero-order chi connectivity index (χ0) is 14.0. The van der Waals surface area contributed by atoms with Gasteiger partial charge in [0.05, 0.1) is 21.7 Å². The fourth-order valence-electron chi connectivity index (χ4n) is 1.70. The highest BCUT2D eigenvalue weighted by Gasteiger charge is 2.17. The van der Waals surface area contributed by atoms with E-state index in [1.807, 2.05) is 0 Å². The van der Waals surface area contributed by atoms with E-state index in [4.69, 9.17) is 9.84 Å². The van der Waals surface area contributed by atoms with Crippen LogP contribution in [0.3, 0.4) is 0 Å². The zero-order valence-electron chi connectivity index (χ0n) is 11.4. The fraction of sp³-hybridized carbons (Fsp3) is 0.692. The first-order valence-corrected chi connectivity index (χ1v) is 8.43. The van der Waals surface area contributed by atoms with E-state index < -0.39 is 21.5 Å². The van der Waals surface area contributed by atoms with Gasteiger partial charge < -0.3 is 9.84 Å². The minimum absolute atomic E-state index is 0.0274. The topological polar surface area (TPSA) is 63.6 Å². The highest BCUT2D eigenvalue weighted by molar-refractivity contribution is 6.37. The summed E-state index contributed by atoms with van der Waals surface area (Å²) < 4.78 is 5.36. The molecule has 18 heavy (non-hydrogen) atoms. The van der Waals surface area contributed by atoms with E-state index in [9.17, 15) is 9.59 Å². The molecule has 0 saturated heterocycles. The number of hydrogen-bond acceptors (Lipinski definition) is 3. The average molecular weight is 272 g/mol. The number of esters is 1. The van der Waals surface area contributed by atoms with Crippen molar-refractivity contribution >= 4 is 21.5 Å². The van der Waals surface area contributed by atoms with Gasteiger partial charge >= 0.3 is 11.9 Å². The summed E-state index contributed by atoms with van der Waals surface area (Å²) in [6.07, 6.45) is 3.85. The summed E-state index contributed by atoms with van der Waals surface area (Å²) in [5.74, 6) is -1.59. The van der Waals surface area contributed by atoms with Crippen LogP contribution in [-0.4, -0.2) is 32.3 Å². The molecule has 1 unspecified atom stereocenters. The summed E-state index contributed by atoms with van der Waals surface area (Å²) in [5.41, 5.74) is 0.0627. The Hall–Kier alpha value is -1.10. The van der Waals surface area contributed by atoms with Crippen LogP contribution in [0.4, 0.5) is 0 Å². The van der Waals surface area contributed by atoms with E-state index in [0.29, 0.717) is 0 Å². The maximum absolute atomic E-state index is 11.6. The number of carbonyl (C=O) groups is 2. The van der Waals surface area contributed by atoms with Crippen LogP contribution in [0.2, 0.25) is 6.04 Å². The molecule has 0 rings (SSSR count). The van der Waals surface area contributed by atoms with Gasteiger partial charge in [-0.15, -0.1) is 0 Å². The number of ether oxygens (including phenoxy) is 1. The molecule has 0 aliphatic carbocycles. The summed E-state index contributed by atoms with van der Waals surface area (Å²) in [6, 6.07) is 1.17.